The monoisotopic (exact) mass is 427 g/mol. The average molecular weight is 427 g/mol. The van der Waals surface area contributed by atoms with Gasteiger partial charge in [0, 0.05) is 23.2 Å². The Bertz CT molecular complexity index is 1010. The fraction of sp³-hybridized carbons (Fsp3) is 0.238. The maximum absolute atomic E-state index is 12.8. The van der Waals surface area contributed by atoms with Crippen molar-refractivity contribution in [2.75, 3.05) is 19.0 Å². The molecule has 3 rings (SSSR count). The van der Waals surface area contributed by atoms with E-state index in [9.17, 15) is 9.59 Å². The summed E-state index contributed by atoms with van der Waals surface area (Å²) in [5, 5.41) is 7.42. The van der Waals surface area contributed by atoms with E-state index in [2.05, 4.69) is 20.2 Å². The van der Waals surface area contributed by atoms with Gasteiger partial charge in [-0.15, -0.1) is 11.8 Å². The number of rotatable bonds is 8. The first-order valence-electron chi connectivity index (χ1n) is 9.08. The maximum atomic E-state index is 12.8. The Kier molecular flexibility index (Phi) is 7.08. The molecule has 1 N–H and O–H groups in total. The fourth-order valence-electron chi connectivity index (χ4n) is 2.56. The van der Waals surface area contributed by atoms with Gasteiger partial charge in [-0.05, 0) is 50.2 Å². The molecule has 0 aliphatic carbocycles. The van der Waals surface area contributed by atoms with Gasteiger partial charge < -0.3 is 19.3 Å². The van der Waals surface area contributed by atoms with E-state index in [0.717, 1.165) is 17.0 Å². The van der Waals surface area contributed by atoms with Gasteiger partial charge in [-0.3, -0.25) is 4.79 Å². The first-order chi connectivity index (χ1) is 14.5. The van der Waals surface area contributed by atoms with E-state index in [0.29, 0.717) is 27.8 Å². The van der Waals surface area contributed by atoms with Crippen LogP contribution < -0.4 is 10.1 Å². The normalized spacial score (nSPS) is 10.5. The van der Waals surface area contributed by atoms with Crippen LogP contribution in [0, 0.1) is 13.8 Å². The third-order valence-electron chi connectivity index (χ3n) is 4.25. The summed E-state index contributed by atoms with van der Waals surface area (Å²) in [5.41, 5.74) is 2.90. The lowest BCUT2D eigenvalue weighted by Crippen LogP contribution is -2.14. The van der Waals surface area contributed by atoms with Crippen molar-refractivity contribution in [2.24, 2.45) is 0 Å². The highest BCUT2D eigenvalue weighted by Crippen LogP contribution is 2.27. The Morgan fingerprint density at radius 3 is 2.60 bits per heavy atom. The lowest BCUT2D eigenvalue weighted by molar-refractivity contribution is -0.142. The van der Waals surface area contributed by atoms with E-state index in [1.807, 2.05) is 13.8 Å². The lowest BCUT2D eigenvalue weighted by Gasteiger charge is -2.10. The van der Waals surface area contributed by atoms with E-state index < -0.39 is 5.97 Å². The van der Waals surface area contributed by atoms with Crippen LogP contribution in [0.1, 0.15) is 27.4 Å². The van der Waals surface area contributed by atoms with Gasteiger partial charge >= 0.3 is 5.97 Å². The van der Waals surface area contributed by atoms with Crippen LogP contribution in [0.25, 0.3) is 0 Å². The number of benzene rings is 1. The lowest BCUT2D eigenvalue weighted by atomic mass is 10.2. The minimum absolute atomic E-state index is 0.177. The molecule has 1 amide bonds. The molecule has 0 unspecified atom stereocenters. The SMILES string of the molecule is COC(=O)COc1ccc(NC(=O)c2cccnc2SCc2c(C)noc2C)cc1. The number of thioether (sulfide) groups is 1. The van der Waals surface area contributed by atoms with Crippen molar-refractivity contribution >= 4 is 29.3 Å². The number of aromatic nitrogens is 2. The predicted molar refractivity (Wildman–Crippen MR) is 112 cm³/mol. The number of hydrogen-bond acceptors (Lipinski definition) is 8. The van der Waals surface area contributed by atoms with Crippen molar-refractivity contribution in [3.63, 3.8) is 0 Å². The minimum Gasteiger partial charge on any atom is -0.482 e. The van der Waals surface area contributed by atoms with E-state index in [1.54, 1.807) is 42.6 Å². The Morgan fingerprint density at radius 2 is 1.93 bits per heavy atom. The highest BCUT2D eigenvalue weighted by molar-refractivity contribution is 7.98. The van der Waals surface area contributed by atoms with Gasteiger partial charge in [0.05, 0.1) is 18.4 Å². The molecule has 0 saturated heterocycles. The Morgan fingerprint density at radius 1 is 1.17 bits per heavy atom. The van der Waals surface area contributed by atoms with Crippen molar-refractivity contribution < 1.29 is 23.6 Å². The smallest absolute Gasteiger partial charge is 0.343 e. The van der Waals surface area contributed by atoms with Crippen LogP contribution in [0.2, 0.25) is 0 Å². The third-order valence-corrected chi connectivity index (χ3v) is 5.28. The van der Waals surface area contributed by atoms with E-state index in [4.69, 9.17) is 9.26 Å². The van der Waals surface area contributed by atoms with E-state index in [1.165, 1.54) is 18.9 Å². The number of ether oxygens (including phenoxy) is 2. The molecule has 0 aliphatic rings. The molecule has 156 valence electrons. The number of carbonyl (C=O) groups excluding carboxylic acids is 2. The van der Waals surface area contributed by atoms with Crippen LogP contribution >= 0.6 is 11.8 Å². The third kappa shape index (κ3) is 5.38. The number of aryl methyl sites for hydroxylation is 2. The molecule has 0 saturated carbocycles. The van der Waals surface area contributed by atoms with Crippen LogP contribution in [0.4, 0.5) is 5.69 Å². The zero-order chi connectivity index (χ0) is 21.5. The van der Waals surface area contributed by atoms with E-state index in [-0.39, 0.29) is 12.5 Å². The molecule has 2 aromatic heterocycles. The second-order valence-electron chi connectivity index (χ2n) is 6.29. The molecule has 8 nitrogen and oxygen atoms in total. The molecule has 30 heavy (non-hydrogen) atoms. The van der Waals surface area contributed by atoms with Crippen molar-refractivity contribution in [1.29, 1.82) is 0 Å². The van der Waals surface area contributed by atoms with Crippen LogP contribution in [0.5, 0.6) is 5.75 Å². The molecule has 1 aromatic carbocycles. The number of carbonyl (C=O) groups is 2. The Balaban J connectivity index is 1.65. The molecular weight excluding hydrogens is 406 g/mol. The molecule has 0 atom stereocenters. The number of amides is 1. The second-order valence-corrected chi connectivity index (χ2v) is 7.25. The Labute approximate surface area is 178 Å². The number of methoxy groups -OCH3 is 1. The second kappa shape index (κ2) is 9.93. The summed E-state index contributed by atoms with van der Waals surface area (Å²) < 4.78 is 15.0. The number of hydrogen-bond donors (Lipinski definition) is 1. The molecular formula is C21H21N3O5S. The van der Waals surface area contributed by atoms with Crippen molar-refractivity contribution in [2.45, 2.75) is 24.6 Å². The standard InChI is InChI=1S/C21H21N3O5S/c1-13-18(14(2)29-24-13)12-30-21-17(5-4-10-22-21)20(26)23-15-6-8-16(9-7-15)28-11-19(25)27-3/h4-10H,11-12H2,1-3H3,(H,23,26). The quantitative estimate of drug-likeness (QED) is 0.428. The number of esters is 1. The largest absolute Gasteiger partial charge is 0.482 e. The highest BCUT2D eigenvalue weighted by atomic mass is 32.2. The number of pyridine rings is 1. The summed E-state index contributed by atoms with van der Waals surface area (Å²) in [5.74, 6) is 1.12. The number of nitrogens with zero attached hydrogens (tertiary/aromatic N) is 2. The summed E-state index contributed by atoms with van der Waals surface area (Å²) in [6.45, 7) is 3.57. The van der Waals surface area contributed by atoms with Crippen LogP contribution in [0.3, 0.4) is 0 Å². The van der Waals surface area contributed by atoms with Gasteiger partial charge in [0.15, 0.2) is 6.61 Å². The molecule has 3 aromatic rings. The Hall–Kier alpha value is -3.33. The average Bonchev–Trinajstić information content (AvgIpc) is 3.08. The van der Waals surface area contributed by atoms with Crippen LogP contribution in [-0.2, 0) is 15.3 Å². The van der Waals surface area contributed by atoms with Crippen molar-refractivity contribution in [3.05, 3.63) is 65.2 Å². The highest BCUT2D eigenvalue weighted by Gasteiger charge is 2.16. The van der Waals surface area contributed by atoms with Crippen molar-refractivity contribution in [1.82, 2.24) is 10.1 Å². The molecule has 0 aliphatic heterocycles. The number of anilines is 1. The van der Waals surface area contributed by atoms with Crippen LogP contribution in [-0.4, -0.2) is 35.7 Å². The molecule has 0 bridgehead atoms. The topological polar surface area (TPSA) is 104 Å². The fourth-order valence-corrected chi connectivity index (χ4v) is 3.71. The van der Waals surface area contributed by atoms with Gasteiger partial charge in [0.25, 0.3) is 5.91 Å². The zero-order valence-electron chi connectivity index (χ0n) is 16.8. The molecule has 9 heteroatoms. The first kappa shape index (κ1) is 21.4. The molecule has 0 fully saturated rings. The summed E-state index contributed by atoms with van der Waals surface area (Å²) in [7, 11) is 1.30. The van der Waals surface area contributed by atoms with Gasteiger partial charge in [-0.25, -0.2) is 9.78 Å². The number of nitrogens with one attached hydrogen (secondary N) is 1. The first-order valence-corrected chi connectivity index (χ1v) is 10.1. The van der Waals surface area contributed by atoms with Gasteiger partial charge in [-0.2, -0.15) is 0 Å². The molecule has 0 radical (unpaired) electrons. The maximum Gasteiger partial charge on any atom is 0.343 e. The van der Waals surface area contributed by atoms with E-state index >= 15 is 0 Å². The van der Waals surface area contributed by atoms with Crippen molar-refractivity contribution in [3.8, 4) is 5.75 Å². The summed E-state index contributed by atoms with van der Waals surface area (Å²) in [6, 6.07) is 10.2. The predicted octanol–water partition coefficient (Wildman–Crippen LogP) is 3.78. The minimum atomic E-state index is -0.467. The van der Waals surface area contributed by atoms with Crippen LogP contribution in [0.15, 0.2) is 52.1 Å². The molecule has 2 heterocycles. The van der Waals surface area contributed by atoms with Gasteiger partial charge in [0.1, 0.15) is 16.5 Å². The van der Waals surface area contributed by atoms with Gasteiger partial charge in [0.2, 0.25) is 0 Å². The summed E-state index contributed by atoms with van der Waals surface area (Å²) in [4.78, 5) is 28.3. The summed E-state index contributed by atoms with van der Waals surface area (Å²) in [6.07, 6.45) is 1.65. The zero-order valence-corrected chi connectivity index (χ0v) is 17.6. The summed E-state index contributed by atoms with van der Waals surface area (Å²) >= 11 is 1.45. The molecule has 0 spiro atoms. The van der Waals surface area contributed by atoms with Gasteiger partial charge in [-0.1, -0.05) is 5.16 Å².